The quantitative estimate of drug-likeness (QED) is 0.631. The zero-order valence-electron chi connectivity index (χ0n) is 18.1. The van der Waals surface area contributed by atoms with E-state index >= 15 is 0 Å². The fraction of sp³-hybridized carbons (Fsp3) is 0.250. The number of benzene rings is 2. The molecular formula is C24H26N4O3. The number of nitrogens with one attached hydrogen (secondary N) is 2. The number of anilines is 2. The molecule has 31 heavy (non-hydrogen) atoms. The fourth-order valence-corrected chi connectivity index (χ4v) is 3.01. The lowest BCUT2D eigenvalue weighted by Gasteiger charge is -2.16. The Morgan fingerprint density at radius 2 is 1.71 bits per heavy atom. The SMILES string of the molecule is CCC(=O)Nc1cc(-c2ccc(=O)n([C@H](C)C(=O)Nc3ccc(C)cc3)n2)ccc1C. The maximum Gasteiger partial charge on any atom is 0.267 e. The third-order valence-corrected chi connectivity index (χ3v) is 5.02. The van der Waals surface area contributed by atoms with Gasteiger partial charge in [0.25, 0.3) is 5.56 Å². The lowest BCUT2D eigenvalue weighted by molar-refractivity contribution is -0.119. The van der Waals surface area contributed by atoms with Crippen LogP contribution in [0.5, 0.6) is 0 Å². The van der Waals surface area contributed by atoms with Crippen molar-refractivity contribution in [3.8, 4) is 11.3 Å². The van der Waals surface area contributed by atoms with Crippen molar-refractivity contribution in [2.45, 2.75) is 40.2 Å². The Kier molecular flexibility index (Phi) is 6.65. The number of nitrogens with zero attached hydrogens (tertiary/aromatic N) is 2. The Morgan fingerprint density at radius 3 is 2.39 bits per heavy atom. The monoisotopic (exact) mass is 418 g/mol. The fourth-order valence-electron chi connectivity index (χ4n) is 3.01. The summed E-state index contributed by atoms with van der Waals surface area (Å²) in [5.74, 6) is -0.421. The van der Waals surface area contributed by atoms with Crippen LogP contribution in [0.1, 0.15) is 37.4 Å². The predicted octanol–water partition coefficient (Wildman–Crippen LogP) is 4.08. The molecule has 0 aliphatic carbocycles. The average molecular weight is 418 g/mol. The summed E-state index contributed by atoms with van der Waals surface area (Å²) in [6, 6.07) is 15.2. The normalized spacial score (nSPS) is 11.6. The molecule has 7 nitrogen and oxygen atoms in total. The third kappa shape index (κ3) is 5.25. The third-order valence-electron chi connectivity index (χ3n) is 5.02. The first-order chi connectivity index (χ1) is 14.8. The van der Waals surface area contributed by atoms with Gasteiger partial charge in [0.2, 0.25) is 11.8 Å². The van der Waals surface area contributed by atoms with E-state index in [1.54, 1.807) is 19.9 Å². The largest absolute Gasteiger partial charge is 0.326 e. The number of carbonyl (C=O) groups is 2. The Morgan fingerprint density at radius 1 is 1.00 bits per heavy atom. The zero-order valence-corrected chi connectivity index (χ0v) is 18.1. The van der Waals surface area contributed by atoms with Crippen molar-refractivity contribution >= 4 is 23.2 Å². The van der Waals surface area contributed by atoms with Gasteiger partial charge in [-0.3, -0.25) is 14.4 Å². The van der Waals surface area contributed by atoms with E-state index in [-0.39, 0.29) is 17.4 Å². The Balaban J connectivity index is 1.88. The minimum Gasteiger partial charge on any atom is -0.326 e. The van der Waals surface area contributed by atoms with Gasteiger partial charge in [-0.2, -0.15) is 5.10 Å². The molecule has 1 atom stereocenters. The molecule has 0 unspecified atom stereocenters. The lowest BCUT2D eigenvalue weighted by atomic mass is 10.1. The molecular weight excluding hydrogens is 392 g/mol. The zero-order chi connectivity index (χ0) is 22.5. The number of hydrogen-bond donors (Lipinski definition) is 2. The summed E-state index contributed by atoms with van der Waals surface area (Å²) in [6.07, 6.45) is 0.375. The van der Waals surface area contributed by atoms with Crippen LogP contribution in [0, 0.1) is 13.8 Å². The molecule has 0 saturated heterocycles. The second kappa shape index (κ2) is 9.38. The van der Waals surface area contributed by atoms with Gasteiger partial charge < -0.3 is 10.6 Å². The standard InChI is InChI=1S/C24H26N4O3/c1-5-22(29)26-21-14-18(9-8-16(21)3)20-12-13-23(30)28(27-20)17(4)24(31)25-19-10-6-15(2)7-11-19/h6-14,17H,5H2,1-4H3,(H,25,31)(H,26,29)/t17-/m1/s1. The molecule has 1 heterocycles. The summed E-state index contributed by atoms with van der Waals surface area (Å²) in [4.78, 5) is 36.9. The van der Waals surface area contributed by atoms with Gasteiger partial charge in [-0.25, -0.2) is 4.68 Å². The van der Waals surface area contributed by atoms with E-state index in [0.29, 0.717) is 23.5 Å². The molecule has 160 valence electrons. The average Bonchev–Trinajstić information content (AvgIpc) is 2.76. The molecule has 0 bridgehead atoms. The number of aryl methyl sites for hydroxylation is 2. The number of rotatable bonds is 6. The smallest absolute Gasteiger partial charge is 0.267 e. The topological polar surface area (TPSA) is 93.1 Å². The molecule has 3 aromatic rings. The highest BCUT2D eigenvalue weighted by molar-refractivity contribution is 5.93. The van der Waals surface area contributed by atoms with Crippen molar-refractivity contribution in [2.24, 2.45) is 0 Å². The van der Waals surface area contributed by atoms with Crippen LogP contribution in [0.4, 0.5) is 11.4 Å². The first-order valence-corrected chi connectivity index (χ1v) is 10.2. The van der Waals surface area contributed by atoms with Crippen molar-refractivity contribution in [1.82, 2.24) is 9.78 Å². The highest BCUT2D eigenvalue weighted by Crippen LogP contribution is 2.24. The van der Waals surface area contributed by atoms with Gasteiger partial charge in [0.05, 0.1) is 5.69 Å². The summed E-state index contributed by atoms with van der Waals surface area (Å²) in [7, 11) is 0. The van der Waals surface area contributed by atoms with E-state index in [0.717, 1.165) is 16.7 Å². The first kappa shape index (κ1) is 22.0. The summed E-state index contributed by atoms with van der Waals surface area (Å²) in [6.45, 7) is 7.28. The van der Waals surface area contributed by atoms with Gasteiger partial charge in [-0.15, -0.1) is 0 Å². The van der Waals surface area contributed by atoms with Crippen LogP contribution >= 0.6 is 0 Å². The van der Waals surface area contributed by atoms with Crippen LogP contribution in [0.25, 0.3) is 11.3 Å². The summed E-state index contributed by atoms with van der Waals surface area (Å²) in [5.41, 5.74) is 4.24. The maximum absolute atomic E-state index is 12.7. The molecule has 2 aromatic carbocycles. The molecule has 2 N–H and O–H groups in total. The lowest BCUT2D eigenvalue weighted by Crippen LogP contribution is -2.33. The number of carbonyl (C=O) groups excluding carboxylic acids is 2. The highest BCUT2D eigenvalue weighted by atomic mass is 16.2. The first-order valence-electron chi connectivity index (χ1n) is 10.2. The van der Waals surface area contributed by atoms with Crippen LogP contribution in [0.15, 0.2) is 59.4 Å². The van der Waals surface area contributed by atoms with Crippen LogP contribution in [-0.4, -0.2) is 21.6 Å². The van der Waals surface area contributed by atoms with Gasteiger partial charge in [-0.05, 0) is 50.6 Å². The van der Waals surface area contributed by atoms with Gasteiger partial charge in [-0.1, -0.05) is 36.8 Å². The second-order valence-corrected chi connectivity index (χ2v) is 7.46. The molecule has 1 aromatic heterocycles. The number of hydrogen-bond acceptors (Lipinski definition) is 4. The molecule has 0 spiro atoms. The minimum absolute atomic E-state index is 0.0837. The molecule has 0 aliphatic rings. The maximum atomic E-state index is 12.7. The summed E-state index contributed by atoms with van der Waals surface area (Å²) < 4.78 is 1.17. The molecule has 0 aliphatic heterocycles. The minimum atomic E-state index is -0.807. The van der Waals surface area contributed by atoms with Crippen molar-refractivity contribution < 1.29 is 9.59 Å². The molecule has 0 fully saturated rings. The summed E-state index contributed by atoms with van der Waals surface area (Å²) in [5, 5.41) is 10.1. The Bertz CT molecular complexity index is 1170. The van der Waals surface area contributed by atoms with Crippen molar-refractivity contribution in [3.05, 3.63) is 76.1 Å². The second-order valence-electron chi connectivity index (χ2n) is 7.46. The molecule has 0 saturated carbocycles. The van der Waals surface area contributed by atoms with Gasteiger partial charge in [0.1, 0.15) is 6.04 Å². The van der Waals surface area contributed by atoms with Crippen molar-refractivity contribution in [3.63, 3.8) is 0 Å². The molecule has 0 radical (unpaired) electrons. The van der Waals surface area contributed by atoms with Crippen molar-refractivity contribution in [2.75, 3.05) is 10.6 Å². The van der Waals surface area contributed by atoms with Gasteiger partial charge in [0, 0.05) is 29.4 Å². The van der Waals surface area contributed by atoms with Crippen molar-refractivity contribution in [1.29, 1.82) is 0 Å². The summed E-state index contributed by atoms with van der Waals surface area (Å²) >= 11 is 0. The van der Waals surface area contributed by atoms with E-state index in [1.807, 2.05) is 56.3 Å². The van der Waals surface area contributed by atoms with Crippen LogP contribution < -0.4 is 16.2 Å². The van der Waals surface area contributed by atoms with Gasteiger partial charge in [0.15, 0.2) is 0 Å². The van der Waals surface area contributed by atoms with Gasteiger partial charge >= 0.3 is 0 Å². The Hall–Kier alpha value is -3.74. The molecule has 3 rings (SSSR count). The van der Waals surface area contributed by atoms with E-state index in [1.165, 1.54) is 10.7 Å². The number of amides is 2. The highest BCUT2D eigenvalue weighted by Gasteiger charge is 2.18. The van der Waals surface area contributed by atoms with Crippen LogP contribution in [0.2, 0.25) is 0 Å². The van der Waals surface area contributed by atoms with Crippen LogP contribution in [0.3, 0.4) is 0 Å². The van der Waals surface area contributed by atoms with E-state index in [4.69, 9.17) is 0 Å². The Labute approximate surface area is 181 Å². The van der Waals surface area contributed by atoms with E-state index in [2.05, 4.69) is 15.7 Å². The molecule has 7 heteroatoms. The van der Waals surface area contributed by atoms with Crippen LogP contribution in [-0.2, 0) is 9.59 Å². The van der Waals surface area contributed by atoms with E-state index < -0.39 is 6.04 Å². The molecule has 2 amide bonds. The number of aromatic nitrogens is 2. The predicted molar refractivity (Wildman–Crippen MR) is 122 cm³/mol. The van der Waals surface area contributed by atoms with E-state index in [9.17, 15) is 14.4 Å².